The molecular weight excluding hydrogens is 340 g/mol. The van der Waals surface area contributed by atoms with Gasteiger partial charge in [-0.1, -0.05) is 24.3 Å². The zero-order valence-electron chi connectivity index (χ0n) is 14.5. The van der Waals surface area contributed by atoms with Gasteiger partial charge in [0.15, 0.2) is 0 Å². The lowest BCUT2D eigenvalue weighted by Gasteiger charge is -2.09. The maximum absolute atomic E-state index is 10.8. The molecule has 0 aromatic heterocycles. The molecule has 0 radical (unpaired) electrons. The zero-order valence-corrected chi connectivity index (χ0v) is 14.5. The number of carbonyl (C=O) groups is 2. The number of carboxylic acids is 2. The molecule has 0 atom stereocenters. The summed E-state index contributed by atoms with van der Waals surface area (Å²) in [7, 11) is 0. The van der Waals surface area contributed by atoms with Crippen molar-refractivity contribution in [2.45, 2.75) is 26.4 Å². The summed E-state index contributed by atoms with van der Waals surface area (Å²) in [5.41, 5.74) is 0.463. The number of aromatic carboxylic acids is 2. The van der Waals surface area contributed by atoms with Crippen LogP contribution < -0.4 is 0 Å². The molecule has 0 amide bonds. The summed E-state index contributed by atoms with van der Waals surface area (Å²) in [6.07, 6.45) is 0.635. The molecule has 4 N–H and O–H groups in total. The Balaban J connectivity index is 0.000000289. The molecule has 0 aliphatic carbocycles. The minimum atomic E-state index is -1.12. The summed E-state index contributed by atoms with van der Waals surface area (Å²) < 4.78 is 5.34. The van der Waals surface area contributed by atoms with E-state index >= 15 is 0 Å². The van der Waals surface area contributed by atoms with Gasteiger partial charge < -0.3 is 25.2 Å². The summed E-state index contributed by atoms with van der Waals surface area (Å²) in [6, 6.07) is 10.5. The van der Waals surface area contributed by atoms with E-state index < -0.39 is 11.9 Å². The summed E-state index contributed by atoms with van der Waals surface area (Å²) >= 11 is 0. The monoisotopic (exact) mass is 362 g/mol. The first-order valence-corrected chi connectivity index (χ1v) is 7.91. The number of ether oxygens (including phenoxy) is 1. The molecule has 0 aliphatic rings. The van der Waals surface area contributed by atoms with Crippen molar-refractivity contribution in [2.24, 2.45) is 0 Å². The molecule has 0 bridgehead atoms. The van der Waals surface area contributed by atoms with E-state index in [2.05, 4.69) is 0 Å². The van der Waals surface area contributed by atoms with E-state index in [1.165, 1.54) is 18.2 Å². The second-order valence-electron chi connectivity index (χ2n) is 5.61. The molecule has 7 heteroatoms. The third-order valence-corrected chi connectivity index (χ3v) is 3.31. The number of para-hydroxylation sites is 2. The van der Waals surface area contributed by atoms with Crippen molar-refractivity contribution in [3.05, 3.63) is 59.2 Å². The molecule has 140 valence electrons. The highest BCUT2D eigenvalue weighted by atomic mass is 16.5. The van der Waals surface area contributed by atoms with Crippen LogP contribution >= 0.6 is 0 Å². The first kappa shape index (κ1) is 21.0. The molecule has 0 fully saturated rings. The molecule has 0 spiro atoms. The van der Waals surface area contributed by atoms with E-state index in [1.54, 1.807) is 24.3 Å². The van der Waals surface area contributed by atoms with E-state index in [0.717, 1.165) is 0 Å². The number of benzene rings is 2. The fourth-order valence-corrected chi connectivity index (χ4v) is 2.02. The van der Waals surface area contributed by atoms with Crippen LogP contribution in [-0.4, -0.2) is 45.1 Å². The van der Waals surface area contributed by atoms with Crippen molar-refractivity contribution in [1.29, 1.82) is 0 Å². The second-order valence-corrected chi connectivity index (χ2v) is 5.61. The Morgan fingerprint density at radius 1 is 0.923 bits per heavy atom. The molecule has 7 nitrogen and oxygen atoms in total. The van der Waals surface area contributed by atoms with Crippen LogP contribution in [0.25, 0.3) is 0 Å². The van der Waals surface area contributed by atoms with Crippen LogP contribution in [0.5, 0.6) is 11.5 Å². The van der Waals surface area contributed by atoms with Crippen LogP contribution in [0.4, 0.5) is 0 Å². The number of hydrogen-bond donors (Lipinski definition) is 4. The summed E-state index contributed by atoms with van der Waals surface area (Å²) in [5.74, 6) is -2.60. The topological polar surface area (TPSA) is 124 Å². The maximum Gasteiger partial charge on any atom is 0.339 e. The van der Waals surface area contributed by atoms with Crippen LogP contribution in [0.15, 0.2) is 42.5 Å². The molecule has 2 aromatic carbocycles. The van der Waals surface area contributed by atoms with Crippen molar-refractivity contribution in [1.82, 2.24) is 0 Å². The molecule has 0 aliphatic heterocycles. The normalized spacial score (nSPS) is 10.1. The number of hydrogen-bond acceptors (Lipinski definition) is 5. The number of rotatable bonds is 6. The molecule has 2 aromatic rings. The van der Waals surface area contributed by atoms with Gasteiger partial charge in [0.2, 0.25) is 0 Å². The summed E-state index contributed by atoms with van der Waals surface area (Å²) in [6.45, 7) is 4.31. The number of aromatic hydroxyl groups is 2. The largest absolute Gasteiger partial charge is 0.507 e. The van der Waals surface area contributed by atoms with Gasteiger partial charge in [-0.3, -0.25) is 0 Å². The quantitative estimate of drug-likeness (QED) is 0.622. The van der Waals surface area contributed by atoms with E-state index in [9.17, 15) is 14.7 Å². The second kappa shape index (κ2) is 10.0. The Labute approximate surface area is 151 Å². The lowest BCUT2D eigenvalue weighted by atomic mass is 10.1. The van der Waals surface area contributed by atoms with E-state index in [0.29, 0.717) is 18.6 Å². The predicted molar refractivity (Wildman–Crippen MR) is 94.9 cm³/mol. The molecule has 0 saturated carbocycles. The van der Waals surface area contributed by atoms with Crippen molar-refractivity contribution < 1.29 is 34.8 Å². The Morgan fingerprint density at radius 2 is 1.50 bits per heavy atom. The van der Waals surface area contributed by atoms with Gasteiger partial charge >= 0.3 is 11.9 Å². The third kappa shape index (κ3) is 6.45. The van der Waals surface area contributed by atoms with Gasteiger partial charge in [0.05, 0.1) is 12.7 Å². The minimum Gasteiger partial charge on any atom is -0.507 e. The first-order chi connectivity index (χ1) is 12.2. The van der Waals surface area contributed by atoms with Gasteiger partial charge in [-0.05, 0) is 44.0 Å². The minimum absolute atomic E-state index is 0.0671. The highest BCUT2D eigenvalue weighted by Gasteiger charge is 2.12. The lowest BCUT2D eigenvalue weighted by molar-refractivity contribution is 0.0681. The van der Waals surface area contributed by atoms with Crippen molar-refractivity contribution in [2.75, 3.05) is 6.61 Å². The fraction of sp³-hybridized carbons (Fsp3) is 0.263. The summed E-state index contributed by atoms with van der Waals surface area (Å²) in [4.78, 5) is 21.0. The first-order valence-electron chi connectivity index (χ1n) is 7.91. The van der Waals surface area contributed by atoms with Gasteiger partial charge in [-0.15, -0.1) is 0 Å². The molecule has 2 rings (SSSR count). The number of carboxylic acid groups (broad SMARTS) is 2. The molecule has 26 heavy (non-hydrogen) atoms. The third-order valence-electron chi connectivity index (χ3n) is 3.31. The average molecular weight is 362 g/mol. The van der Waals surface area contributed by atoms with Gasteiger partial charge in [0, 0.05) is 0 Å². The maximum atomic E-state index is 10.8. The SMILES string of the molecule is CC(C)OCCc1cccc(C(=O)O)c1O.O=C(O)c1ccccc1O. The van der Waals surface area contributed by atoms with Crippen LogP contribution in [-0.2, 0) is 11.2 Å². The Bertz CT molecular complexity index is 753. The van der Waals surface area contributed by atoms with Crippen molar-refractivity contribution in [3.8, 4) is 11.5 Å². The highest BCUT2D eigenvalue weighted by molar-refractivity contribution is 5.91. The molecule has 0 saturated heterocycles. The Hall–Kier alpha value is -3.06. The van der Waals surface area contributed by atoms with Crippen molar-refractivity contribution in [3.63, 3.8) is 0 Å². The molecule has 0 heterocycles. The van der Waals surface area contributed by atoms with Crippen LogP contribution in [0, 0.1) is 0 Å². The Morgan fingerprint density at radius 3 is 2.00 bits per heavy atom. The smallest absolute Gasteiger partial charge is 0.339 e. The lowest BCUT2D eigenvalue weighted by Crippen LogP contribution is -2.07. The molecule has 0 unspecified atom stereocenters. The summed E-state index contributed by atoms with van der Waals surface area (Å²) in [5, 5.41) is 35.8. The van der Waals surface area contributed by atoms with Gasteiger partial charge in [-0.2, -0.15) is 0 Å². The van der Waals surface area contributed by atoms with Crippen LogP contribution in [0.3, 0.4) is 0 Å². The number of phenols is 2. The Kier molecular flexibility index (Phi) is 8.11. The van der Waals surface area contributed by atoms with Crippen molar-refractivity contribution >= 4 is 11.9 Å². The zero-order chi connectivity index (χ0) is 19.7. The standard InChI is InChI=1S/C12H16O4.C7H6O3/c1-8(2)16-7-6-9-4-3-5-10(11(9)13)12(14)15;8-6-4-2-1-3-5(6)7(9)10/h3-5,8,13H,6-7H2,1-2H3,(H,14,15);1-4,8H,(H,9,10). The van der Waals surface area contributed by atoms with Crippen LogP contribution in [0.1, 0.15) is 40.1 Å². The van der Waals surface area contributed by atoms with Gasteiger partial charge in [-0.25, -0.2) is 9.59 Å². The van der Waals surface area contributed by atoms with E-state index in [4.69, 9.17) is 20.1 Å². The van der Waals surface area contributed by atoms with Gasteiger partial charge in [0.25, 0.3) is 0 Å². The van der Waals surface area contributed by atoms with E-state index in [-0.39, 0.29) is 28.7 Å². The van der Waals surface area contributed by atoms with E-state index in [1.807, 2.05) is 13.8 Å². The molecular formula is C19H22O7. The van der Waals surface area contributed by atoms with Gasteiger partial charge in [0.1, 0.15) is 22.6 Å². The predicted octanol–water partition coefficient (Wildman–Crippen LogP) is 3.15. The van der Waals surface area contributed by atoms with Crippen LogP contribution in [0.2, 0.25) is 0 Å². The highest BCUT2D eigenvalue weighted by Crippen LogP contribution is 2.23. The average Bonchev–Trinajstić information content (AvgIpc) is 2.56. The fourth-order valence-electron chi connectivity index (χ4n) is 2.02.